The summed E-state index contributed by atoms with van der Waals surface area (Å²) >= 11 is 6.10. The van der Waals surface area contributed by atoms with Gasteiger partial charge in [-0.1, -0.05) is 0 Å². The van der Waals surface area contributed by atoms with Gasteiger partial charge in [0.25, 0.3) is 0 Å². The summed E-state index contributed by atoms with van der Waals surface area (Å²) in [4.78, 5) is 19.8. The zero-order chi connectivity index (χ0) is 15.4. The van der Waals surface area contributed by atoms with Crippen LogP contribution in [0.5, 0.6) is 0 Å². The number of hydrogen-bond donors (Lipinski definition) is 0. The lowest BCUT2D eigenvalue weighted by molar-refractivity contribution is 0.257. The fourth-order valence-corrected chi connectivity index (χ4v) is 2.83. The van der Waals surface area contributed by atoms with Crippen LogP contribution < -0.4 is 9.80 Å². The Kier molecular flexibility index (Phi) is 5.58. The molecule has 0 aromatic carbocycles. The van der Waals surface area contributed by atoms with Crippen LogP contribution in [0.25, 0.3) is 0 Å². The molecule has 1 aromatic heterocycles. The first kappa shape index (κ1) is 16.2. The van der Waals surface area contributed by atoms with E-state index in [-0.39, 0.29) is 5.28 Å². The molecule has 0 aliphatic carbocycles. The Hall–Kier alpha value is -1.14. The van der Waals surface area contributed by atoms with Gasteiger partial charge in [-0.2, -0.15) is 15.0 Å². The molecule has 0 spiro atoms. The van der Waals surface area contributed by atoms with Gasteiger partial charge in [0.1, 0.15) is 0 Å². The highest BCUT2D eigenvalue weighted by molar-refractivity contribution is 6.28. The van der Waals surface area contributed by atoms with Crippen molar-refractivity contribution in [3.8, 4) is 0 Å². The van der Waals surface area contributed by atoms with E-state index < -0.39 is 0 Å². The van der Waals surface area contributed by atoms with Crippen molar-refractivity contribution in [2.75, 3.05) is 50.1 Å². The summed E-state index contributed by atoms with van der Waals surface area (Å²) in [6.07, 6.45) is 2.36. The highest BCUT2D eigenvalue weighted by atomic mass is 35.5. The Bertz CT molecular complexity index is 463. The second-order valence-electron chi connectivity index (χ2n) is 5.58. The van der Waals surface area contributed by atoms with Gasteiger partial charge >= 0.3 is 0 Å². The third-order valence-corrected chi connectivity index (χ3v) is 4.21. The number of likely N-dealkylation sites (N-methyl/N-ethyl adjacent to an activating group) is 1. The number of hydrogen-bond acceptors (Lipinski definition) is 6. The molecule has 1 fully saturated rings. The average molecular weight is 313 g/mol. The highest BCUT2D eigenvalue weighted by Crippen LogP contribution is 2.21. The van der Waals surface area contributed by atoms with Crippen LogP contribution in [0.2, 0.25) is 5.28 Å². The number of rotatable bonds is 5. The molecule has 21 heavy (non-hydrogen) atoms. The molecule has 1 atom stereocenters. The fraction of sp³-hybridized carbons (Fsp3) is 0.786. The molecule has 1 unspecified atom stereocenters. The molecule has 7 heteroatoms. The standard InChI is InChI=1S/C14H25ClN6/c1-5-20(6-2)13-16-12(15)17-14(18-13)21-9-7-8-11(10-21)19(3)4/h11H,5-10H2,1-4H3. The zero-order valence-corrected chi connectivity index (χ0v) is 14.1. The minimum atomic E-state index is 0.272. The number of piperidine rings is 1. The van der Waals surface area contributed by atoms with E-state index in [4.69, 9.17) is 11.6 Å². The van der Waals surface area contributed by atoms with Crippen molar-refractivity contribution in [1.82, 2.24) is 19.9 Å². The summed E-state index contributed by atoms with van der Waals surface area (Å²) in [5.41, 5.74) is 0. The molecular formula is C14H25ClN6. The van der Waals surface area contributed by atoms with Gasteiger partial charge in [-0.15, -0.1) is 0 Å². The number of halogens is 1. The lowest BCUT2D eigenvalue weighted by atomic mass is 10.1. The van der Waals surface area contributed by atoms with Gasteiger partial charge in [-0.3, -0.25) is 0 Å². The summed E-state index contributed by atoms with van der Waals surface area (Å²) in [6, 6.07) is 0.534. The second kappa shape index (κ2) is 7.22. The summed E-state index contributed by atoms with van der Waals surface area (Å²) in [5.74, 6) is 1.37. The molecule has 2 heterocycles. The topological polar surface area (TPSA) is 48.4 Å². The van der Waals surface area contributed by atoms with Crippen LogP contribution in [-0.2, 0) is 0 Å². The number of aromatic nitrogens is 3. The van der Waals surface area contributed by atoms with Gasteiger partial charge in [-0.25, -0.2) is 0 Å². The maximum atomic E-state index is 6.10. The second-order valence-corrected chi connectivity index (χ2v) is 5.92. The van der Waals surface area contributed by atoms with Crippen molar-refractivity contribution in [2.24, 2.45) is 0 Å². The van der Waals surface area contributed by atoms with E-state index in [0.29, 0.717) is 17.9 Å². The summed E-state index contributed by atoms with van der Waals surface area (Å²) < 4.78 is 0. The zero-order valence-electron chi connectivity index (χ0n) is 13.4. The Morgan fingerprint density at radius 3 is 2.52 bits per heavy atom. The molecule has 0 amide bonds. The van der Waals surface area contributed by atoms with Gasteiger partial charge in [-0.05, 0) is 52.4 Å². The van der Waals surface area contributed by atoms with Gasteiger partial charge in [0, 0.05) is 32.2 Å². The molecule has 0 saturated carbocycles. The van der Waals surface area contributed by atoms with Crippen LogP contribution >= 0.6 is 11.6 Å². The van der Waals surface area contributed by atoms with E-state index in [9.17, 15) is 0 Å². The van der Waals surface area contributed by atoms with Gasteiger partial charge in [0.05, 0.1) is 0 Å². The summed E-state index contributed by atoms with van der Waals surface area (Å²) in [6.45, 7) is 7.80. The van der Waals surface area contributed by atoms with Gasteiger partial charge in [0.15, 0.2) is 0 Å². The van der Waals surface area contributed by atoms with Crippen molar-refractivity contribution in [3.05, 3.63) is 5.28 Å². The van der Waals surface area contributed by atoms with Crippen molar-refractivity contribution in [2.45, 2.75) is 32.7 Å². The first-order valence-corrected chi connectivity index (χ1v) is 8.00. The smallest absolute Gasteiger partial charge is 0.231 e. The molecule has 1 aliphatic heterocycles. The van der Waals surface area contributed by atoms with Crippen LogP contribution in [-0.4, -0.2) is 66.2 Å². The lowest BCUT2D eigenvalue weighted by Gasteiger charge is -2.36. The quantitative estimate of drug-likeness (QED) is 0.827. The molecule has 0 radical (unpaired) electrons. The van der Waals surface area contributed by atoms with Crippen LogP contribution in [0, 0.1) is 0 Å². The Balaban J connectivity index is 2.22. The third-order valence-electron chi connectivity index (χ3n) is 4.04. The Morgan fingerprint density at radius 2 is 1.90 bits per heavy atom. The normalized spacial score (nSPS) is 19.1. The van der Waals surface area contributed by atoms with Crippen molar-refractivity contribution in [3.63, 3.8) is 0 Å². The Morgan fingerprint density at radius 1 is 1.19 bits per heavy atom. The first-order chi connectivity index (χ1) is 10.0. The first-order valence-electron chi connectivity index (χ1n) is 7.63. The van der Waals surface area contributed by atoms with E-state index in [1.165, 1.54) is 6.42 Å². The molecule has 0 N–H and O–H groups in total. The molecule has 1 aromatic rings. The number of nitrogens with zero attached hydrogens (tertiary/aromatic N) is 6. The minimum Gasteiger partial charge on any atom is -0.341 e. The van der Waals surface area contributed by atoms with Crippen molar-refractivity contribution in [1.29, 1.82) is 0 Å². The molecule has 118 valence electrons. The molecule has 1 aliphatic rings. The minimum absolute atomic E-state index is 0.272. The molecule has 6 nitrogen and oxygen atoms in total. The SMILES string of the molecule is CCN(CC)c1nc(Cl)nc(N2CCCC(N(C)C)C2)n1. The third kappa shape index (κ3) is 3.95. The monoisotopic (exact) mass is 312 g/mol. The molecule has 2 rings (SSSR count). The highest BCUT2D eigenvalue weighted by Gasteiger charge is 2.24. The predicted octanol–water partition coefficient (Wildman–Crippen LogP) is 1.90. The van der Waals surface area contributed by atoms with Crippen molar-refractivity contribution >= 4 is 23.5 Å². The molecule has 0 bridgehead atoms. The lowest BCUT2D eigenvalue weighted by Crippen LogP contribution is -2.46. The van der Waals surface area contributed by atoms with Crippen LogP contribution in [0.15, 0.2) is 0 Å². The van der Waals surface area contributed by atoms with Crippen LogP contribution in [0.1, 0.15) is 26.7 Å². The largest absolute Gasteiger partial charge is 0.341 e. The number of anilines is 2. The van der Waals surface area contributed by atoms with E-state index in [2.05, 4.69) is 57.6 Å². The van der Waals surface area contributed by atoms with Gasteiger partial charge in [0.2, 0.25) is 17.2 Å². The molecule has 1 saturated heterocycles. The van der Waals surface area contributed by atoms with Crippen LogP contribution in [0.3, 0.4) is 0 Å². The van der Waals surface area contributed by atoms with Gasteiger partial charge < -0.3 is 14.7 Å². The fourth-order valence-electron chi connectivity index (χ4n) is 2.68. The average Bonchev–Trinajstić information content (AvgIpc) is 2.48. The maximum absolute atomic E-state index is 6.10. The van der Waals surface area contributed by atoms with E-state index in [0.717, 1.165) is 32.6 Å². The maximum Gasteiger partial charge on any atom is 0.231 e. The molecular weight excluding hydrogens is 288 g/mol. The summed E-state index contributed by atoms with van der Waals surface area (Å²) in [7, 11) is 4.24. The van der Waals surface area contributed by atoms with E-state index >= 15 is 0 Å². The van der Waals surface area contributed by atoms with Crippen molar-refractivity contribution < 1.29 is 0 Å². The predicted molar refractivity (Wildman–Crippen MR) is 87.3 cm³/mol. The Labute approximate surface area is 132 Å². The summed E-state index contributed by atoms with van der Waals surface area (Å²) in [5, 5.41) is 0.272. The van der Waals surface area contributed by atoms with E-state index in [1.807, 2.05) is 0 Å². The van der Waals surface area contributed by atoms with Crippen LogP contribution in [0.4, 0.5) is 11.9 Å². The van der Waals surface area contributed by atoms with E-state index in [1.54, 1.807) is 0 Å².